The fraction of sp³-hybridized carbons (Fsp3) is 0.259. The van der Waals surface area contributed by atoms with Gasteiger partial charge in [-0.05, 0) is 48.9 Å². The Morgan fingerprint density at radius 2 is 1.79 bits per heavy atom. The molecule has 0 spiro atoms. The molecule has 6 rings (SSSR count). The van der Waals surface area contributed by atoms with Gasteiger partial charge in [0.15, 0.2) is 11.5 Å². The molecule has 6 nitrogen and oxygen atoms in total. The summed E-state index contributed by atoms with van der Waals surface area (Å²) in [6, 6.07) is 20.2. The molecular weight excluding hydrogens is 446 g/mol. The van der Waals surface area contributed by atoms with Crippen LogP contribution in [0, 0.1) is 6.92 Å². The summed E-state index contributed by atoms with van der Waals surface area (Å²) in [5.74, 6) is 1.70. The number of benzene rings is 2. The maximum Gasteiger partial charge on any atom is 0.254 e. The van der Waals surface area contributed by atoms with Gasteiger partial charge in [-0.2, -0.15) is 0 Å². The normalized spacial score (nSPS) is 15.7. The molecular formula is C27H25N3O3S. The number of carbonyl (C=O) groups is 1. The summed E-state index contributed by atoms with van der Waals surface area (Å²) in [4.78, 5) is 25.2. The minimum absolute atomic E-state index is 0.0795. The molecule has 0 aliphatic carbocycles. The van der Waals surface area contributed by atoms with E-state index >= 15 is 0 Å². The molecule has 0 N–H and O–H groups in total. The lowest BCUT2D eigenvalue weighted by molar-refractivity contribution is 0.0630. The number of thiophene rings is 1. The number of ether oxygens (including phenoxy) is 2. The van der Waals surface area contributed by atoms with Crippen LogP contribution in [0.5, 0.6) is 11.5 Å². The topological polar surface area (TPSA) is 54.9 Å². The molecule has 2 aliphatic heterocycles. The van der Waals surface area contributed by atoms with Crippen LogP contribution >= 0.6 is 11.3 Å². The Bertz CT molecular complexity index is 1370. The number of fused-ring (bicyclic) bond motifs is 2. The molecule has 0 radical (unpaired) electrons. The highest BCUT2D eigenvalue weighted by Gasteiger charge is 2.25. The predicted molar refractivity (Wildman–Crippen MR) is 134 cm³/mol. The molecule has 0 atom stereocenters. The number of rotatable bonds is 4. The number of hydrogen-bond donors (Lipinski definition) is 0. The molecule has 7 heteroatoms. The monoisotopic (exact) mass is 471 g/mol. The van der Waals surface area contributed by atoms with Crippen molar-refractivity contribution in [1.29, 1.82) is 0 Å². The van der Waals surface area contributed by atoms with Gasteiger partial charge in [-0.25, -0.2) is 4.98 Å². The summed E-state index contributed by atoms with van der Waals surface area (Å²) >= 11 is 1.70. The lowest BCUT2D eigenvalue weighted by Crippen LogP contribution is -2.48. The van der Waals surface area contributed by atoms with Crippen LogP contribution in [0.1, 0.15) is 20.8 Å². The van der Waals surface area contributed by atoms with Crippen molar-refractivity contribution in [2.45, 2.75) is 13.5 Å². The van der Waals surface area contributed by atoms with Gasteiger partial charge in [-0.3, -0.25) is 9.69 Å². The zero-order valence-corrected chi connectivity index (χ0v) is 19.8. The van der Waals surface area contributed by atoms with Gasteiger partial charge in [-0.15, -0.1) is 11.3 Å². The van der Waals surface area contributed by atoms with E-state index in [-0.39, 0.29) is 12.7 Å². The van der Waals surface area contributed by atoms with Crippen molar-refractivity contribution in [3.63, 3.8) is 0 Å². The van der Waals surface area contributed by atoms with Crippen LogP contribution in [0.25, 0.3) is 21.5 Å². The number of nitrogens with zero attached hydrogens (tertiary/aromatic N) is 3. The highest BCUT2D eigenvalue weighted by molar-refractivity contribution is 7.15. The van der Waals surface area contributed by atoms with Gasteiger partial charge in [0.2, 0.25) is 6.79 Å². The molecule has 1 amide bonds. The molecule has 1 saturated heterocycles. The highest BCUT2D eigenvalue weighted by atomic mass is 32.1. The summed E-state index contributed by atoms with van der Waals surface area (Å²) < 4.78 is 10.9. The van der Waals surface area contributed by atoms with E-state index in [1.54, 1.807) is 11.3 Å². The highest BCUT2D eigenvalue weighted by Crippen LogP contribution is 2.33. The van der Waals surface area contributed by atoms with E-state index < -0.39 is 0 Å². The first-order chi connectivity index (χ1) is 16.6. The maximum absolute atomic E-state index is 13.6. The number of aryl methyl sites for hydroxylation is 1. The summed E-state index contributed by atoms with van der Waals surface area (Å²) in [5, 5.41) is 0.910. The second kappa shape index (κ2) is 8.74. The van der Waals surface area contributed by atoms with Gasteiger partial charge < -0.3 is 14.4 Å². The van der Waals surface area contributed by atoms with E-state index in [0.717, 1.165) is 58.2 Å². The van der Waals surface area contributed by atoms with Gasteiger partial charge in [0.1, 0.15) is 0 Å². The average molecular weight is 472 g/mol. The van der Waals surface area contributed by atoms with Gasteiger partial charge in [-0.1, -0.05) is 24.3 Å². The quantitative estimate of drug-likeness (QED) is 0.421. The first-order valence-electron chi connectivity index (χ1n) is 11.5. The number of pyridine rings is 1. The first kappa shape index (κ1) is 21.1. The van der Waals surface area contributed by atoms with E-state index in [0.29, 0.717) is 13.1 Å². The second-order valence-electron chi connectivity index (χ2n) is 8.74. The van der Waals surface area contributed by atoms with Crippen molar-refractivity contribution in [2.75, 3.05) is 33.0 Å². The Morgan fingerprint density at radius 1 is 0.971 bits per heavy atom. The molecule has 0 unspecified atom stereocenters. The summed E-state index contributed by atoms with van der Waals surface area (Å²) in [7, 11) is 0. The van der Waals surface area contributed by atoms with Crippen molar-refractivity contribution in [3.05, 3.63) is 76.7 Å². The third-order valence-corrected chi connectivity index (χ3v) is 7.47. The predicted octanol–water partition coefficient (Wildman–Crippen LogP) is 4.96. The third kappa shape index (κ3) is 4.02. The number of hydrogen-bond acceptors (Lipinski definition) is 6. The van der Waals surface area contributed by atoms with Crippen LogP contribution in [0.3, 0.4) is 0 Å². The number of aromatic nitrogens is 1. The first-order valence-corrected chi connectivity index (χ1v) is 12.3. The second-order valence-corrected chi connectivity index (χ2v) is 10.0. The van der Waals surface area contributed by atoms with E-state index in [4.69, 9.17) is 14.5 Å². The summed E-state index contributed by atoms with van der Waals surface area (Å²) in [5.41, 5.74) is 3.65. The van der Waals surface area contributed by atoms with Crippen LogP contribution in [-0.2, 0) is 6.54 Å². The van der Waals surface area contributed by atoms with Gasteiger partial charge in [0, 0.05) is 43.0 Å². The molecule has 2 aromatic heterocycles. The van der Waals surface area contributed by atoms with Crippen molar-refractivity contribution < 1.29 is 14.3 Å². The minimum Gasteiger partial charge on any atom is -0.454 e. The SMILES string of the molecule is Cc1ccc(-c2cc(C(=O)N3CCN(Cc4ccc5c(c4)OCO5)CC3)c3ccccc3n2)s1. The molecule has 0 bridgehead atoms. The largest absolute Gasteiger partial charge is 0.454 e. The zero-order valence-electron chi connectivity index (χ0n) is 19.0. The number of carbonyl (C=O) groups excluding carboxylic acids is 1. The molecule has 172 valence electrons. The number of piperazine rings is 1. The smallest absolute Gasteiger partial charge is 0.254 e. The van der Waals surface area contributed by atoms with Crippen molar-refractivity contribution in [1.82, 2.24) is 14.8 Å². The molecule has 4 aromatic rings. The molecule has 0 saturated carbocycles. The van der Waals surface area contributed by atoms with Crippen molar-refractivity contribution in [3.8, 4) is 22.1 Å². The molecule has 2 aromatic carbocycles. The van der Waals surface area contributed by atoms with Crippen LogP contribution in [-0.4, -0.2) is 53.7 Å². The van der Waals surface area contributed by atoms with Gasteiger partial charge in [0.05, 0.1) is 21.7 Å². The molecule has 4 heterocycles. The van der Waals surface area contributed by atoms with E-state index in [1.807, 2.05) is 41.3 Å². The summed E-state index contributed by atoms with van der Waals surface area (Å²) in [6.45, 7) is 6.28. The fourth-order valence-corrected chi connectivity index (χ4v) is 5.46. The Labute approximate surface area is 202 Å². The standard InChI is InChI=1S/C27H25N3O3S/c1-18-6-9-26(34-18)23-15-21(20-4-2-3-5-22(20)28-23)27(31)30-12-10-29(11-13-30)16-19-7-8-24-25(14-19)33-17-32-24/h2-9,14-15H,10-13,16-17H2,1H3. The fourth-order valence-electron chi connectivity index (χ4n) is 4.63. The third-order valence-electron chi connectivity index (χ3n) is 6.44. The van der Waals surface area contributed by atoms with E-state index in [9.17, 15) is 4.79 Å². The average Bonchev–Trinajstić information content (AvgIpc) is 3.52. The number of para-hydroxylation sites is 1. The minimum atomic E-state index is 0.0795. The van der Waals surface area contributed by atoms with Crippen molar-refractivity contribution in [2.24, 2.45) is 0 Å². The van der Waals surface area contributed by atoms with Gasteiger partial charge >= 0.3 is 0 Å². The molecule has 1 fully saturated rings. The zero-order chi connectivity index (χ0) is 23.1. The van der Waals surface area contributed by atoms with E-state index in [1.165, 1.54) is 10.4 Å². The van der Waals surface area contributed by atoms with Crippen LogP contribution in [0.15, 0.2) is 60.7 Å². The lowest BCUT2D eigenvalue weighted by Gasteiger charge is -2.35. The van der Waals surface area contributed by atoms with Crippen LogP contribution in [0.2, 0.25) is 0 Å². The van der Waals surface area contributed by atoms with E-state index in [2.05, 4.69) is 36.1 Å². The Kier molecular flexibility index (Phi) is 5.43. The Balaban J connectivity index is 1.20. The molecule has 2 aliphatic rings. The Hall–Kier alpha value is -3.42. The maximum atomic E-state index is 13.6. The number of amides is 1. The van der Waals surface area contributed by atoms with Gasteiger partial charge in [0.25, 0.3) is 5.91 Å². The summed E-state index contributed by atoms with van der Waals surface area (Å²) in [6.07, 6.45) is 0. The Morgan fingerprint density at radius 3 is 2.62 bits per heavy atom. The van der Waals surface area contributed by atoms with Crippen LogP contribution in [0.4, 0.5) is 0 Å². The molecule has 34 heavy (non-hydrogen) atoms. The lowest BCUT2D eigenvalue weighted by atomic mass is 10.1. The van der Waals surface area contributed by atoms with Crippen molar-refractivity contribution >= 4 is 28.1 Å². The van der Waals surface area contributed by atoms with Crippen LogP contribution < -0.4 is 9.47 Å².